The molecule has 13 heavy (non-hydrogen) atoms. The molecule has 0 fully saturated rings. The smallest absolute Gasteiger partial charge is 0.0984 e. The second-order valence-corrected chi connectivity index (χ2v) is 3.20. The van der Waals surface area contributed by atoms with Gasteiger partial charge in [0, 0.05) is 12.4 Å². The lowest BCUT2D eigenvalue weighted by Gasteiger charge is -2.06. The Labute approximate surface area is 78.5 Å². The molecule has 0 bridgehead atoms. The first-order valence-corrected chi connectivity index (χ1v) is 4.50. The van der Waals surface area contributed by atoms with Gasteiger partial charge in [-0.15, -0.1) is 10.2 Å². The minimum Gasteiger partial charge on any atom is -0.318 e. The number of hydrogen-bond acceptors (Lipinski definition) is 6. The predicted octanol–water partition coefficient (Wildman–Crippen LogP) is -0.285. The minimum atomic E-state index is -0.293. The molecule has 2 heterocycles. The Morgan fingerprint density at radius 1 is 1.62 bits per heavy atom. The van der Waals surface area contributed by atoms with Gasteiger partial charge in [0.2, 0.25) is 0 Å². The van der Waals surface area contributed by atoms with E-state index in [1.165, 1.54) is 11.5 Å². The second kappa shape index (κ2) is 3.19. The zero-order valence-electron chi connectivity index (χ0n) is 6.95. The van der Waals surface area contributed by atoms with Gasteiger partial charge in [-0.05, 0) is 11.5 Å². The molecule has 0 amide bonds. The van der Waals surface area contributed by atoms with Crippen LogP contribution in [0.2, 0.25) is 0 Å². The van der Waals surface area contributed by atoms with Gasteiger partial charge in [0.15, 0.2) is 0 Å². The van der Waals surface area contributed by atoms with Crippen LogP contribution in [0.15, 0.2) is 11.6 Å². The average Bonchev–Trinajstić information content (AvgIpc) is 2.72. The van der Waals surface area contributed by atoms with Crippen molar-refractivity contribution in [1.29, 1.82) is 0 Å². The summed E-state index contributed by atoms with van der Waals surface area (Å²) in [5.74, 6) is 0. The van der Waals surface area contributed by atoms with Crippen molar-refractivity contribution in [3.8, 4) is 0 Å². The summed E-state index contributed by atoms with van der Waals surface area (Å²) in [4.78, 5) is 0. The summed E-state index contributed by atoms with van der Waals surface area (Å²) in [6.07, 6.45) is 1.63. The summed E-state index contributed by atoms with van der Waals surface area (Å²) in [6.45, 7) is 0. The fourth-order valence-corrected chi connectivity index (χ4v) is 1.53. The van der Waals surface area contributed by atoms with Crippen LogP contribution in [0.25, 0.3) is 0 Å². The molecule has 0 aliphatic carbocycles. The van der Waals surface area contributed by atoms with Gasteiger partial charge >= 0.3 is 0 Å². The van der Waals surface area contributed by atoms with E-state index >= 15 is 0 Å². The van der Waals surface area contributed by atoms with Crippen LogP contribution in [0.5, 0.6) is 0 Å². The summed E-state index contributed by atoms with van der Waals surface area (Å²) >= 11 is 1.28. The Morgan fingerprint density at radius 3 is 3.00 bits per heavy atom. The highest BCUT2D eigenvalue weighted by Gasteiger charge is 2.15. The summed E-state index contributed by atoms with van der Waals surface area (Å²) in [6, 6.07) is -0.293. The molecule has 0 aliphatic heterocycles. The summed E-state index contributed by atoms with van der Waals surface area (Å²) in [5.41, 5.74) is 7.48. The zero-order valence-corrected chi connectivity index (χ0v) is 7.77. The van der Waals surface area contributed by atoms with Crippen LogP contribution in [0, 0.1) is 0 Å². The van der Waals surface area contributed by atoms with E-state index in [1.807, 2.05) is 5.38 Å². The number of hydrogen-bond donors (Lipinski definition) is 1. The molecule has 2 rings (SSSR count). The van der Waals surface area contributed by atoms with E-state index in [9.17, 15) is 0 Å². The van der Waals surface area contributed by atoms with Gasteiger partial charge in [0.25, 0.3) is 0 Å². The maximum absolute atomic E-state index is 5.91. The maximum Gasteiger partial charge on any atom is 0.0984 e. The Balaban J connectivity index is 2.33. The lowest BCUT2D eigenvalue weighted by molar-refractivity contribution is 0.643. The third-order valence-corrected chi connectivity index (χ3v) is 2.29. The fourth-order valence-electron chi connectivity index (χ4n) is 1.04. The third kappa shape index (κ3) is 1.43. The molecule has 0 aliphatic rings. The number of aromatic nitrogens is 5. The van der Waals surface area contributed by atoms with Crippen molar-refractivity contribution in [1.82, 2.24) is 24.6 Å². The molecule has 0 radical (unpaired) electrons. The molecule has 0 aromatic carbocycles. The van der Waals surface area contributed by atoms with Gasteiger partial charge in [0.1, 0.15) is 0 Å². The monoisotopic (exact) mass is 196 g/mol. The topological polar surface area (TPSA) is 82.5 Å². The molecule has 7 heteroatoms. The fraction of sp³-hybridized carbons (Fsp3) is 0.333. The van der Waals surface area contributed by atoms with Crippen LogP contribution >= 0.6 is 11.5 Å². The molecule has 2 aromatic rings. The van der Waals surface area contributed by atoms with Crippen LogP contribution in [0.4, 0.5) is 0 Å². The van der Waals surface area contributed by atoms with E-state index in [0.717, 1.165) is 11.4 Å². The molecule has 1 unspecified atom stereocenters. The number of nitrogens with zero attached hydrogens (tertiary/aromatic N) is 5. The highest BCUT2D eigenvalue weighted by atomic mass is 32.1. The van der Waals surface area contributed by atoms with Crippen molar-refractivity contribution >= 4 is 11.5 Å². The van der Waals surface area contributed by atoms with Crippen LogP contribution in [-0.2, 0) is 7.05 Å². The van der Waals surface area contributed by atoms with E-state index in [0.29, 0.717) is 0 Å². The van der Waals surface area contributed by atoms with E-state index in [2.05, 4.69) is 19.9 Å². The van der Waals surface area contributed by atoms with Gasteiger partial charge in [-0.25, -0.2) is 0 Å². The SMILES string of the molecule is Cn1nncc1C(N)c1csnn1. The number of nitrogens with two attached hydrogens (primary N) is 1. The van der Waals surface area contributed by atoms with Gasteiger partial charge < -0.3 is 5.73 Å². The molecule has 6 nitrogen and oxygen atoms in total. The van der Waals surface area contributed by atoms with Crippen LogP contribution < -0.4 is 5.73 Å². The first-order valence-electron chi connectivity index (χ1n) is 3.66. The first-order chi connectivity index (χ1) is 6.29. The second-order valence-electron chi connectivity index (χ2n) is 2.59. The van der Waals surface area contributed by atoms with E-state index < -0.39 is 0 Å². The number of rotatable bonds is 2. The lowest BCUT2D eigenvalue weighted by atomic mass is 10.2. The molecule has 0 saturated carbocycles. The Kier molecular flexibility index (Phi) is 2.03. The van der Waals surface area contributed by atoms with Crippen molar-refractivity contribution in [3.63, 3.8) is 0 Å². The Bertz CT molecular complexity index is 379. The highest BCUT2D eigenvalue weighted by Crippen LogP contribution is 2.15. The Morgan fingerprint density at radius 2 is 2.46 bits per heavy atom. The zero-order chi connectivity index (χ0) is 9.26. The van der Waals surface area contributed by atoms with Gasteiger partial charge in [0.05, 0.1) is 23.6 Å². The normalized spacial score (nSPS) is 13.1. The molecule has 0 spiro atoms. The molecule has 68 valence electrons. The van der Waals surface area contributed by atoms with Crippen molar-refractivity contribution < 1.29 is 0 Å². The largest absolute Gasteiger partial charge is 0.318 e. The van der Waals surface area contributed by atoms with Crippen molar-refractivity contribution in [2.24, 2.45) is 12.8 Å². The van der Waals surface area contributed by atoms with Crippen LogP contribution in [-0.4, -0.2) is 24.6 Å². The third-order valence-electron chi connectivity index (χ3n) is 1.76. The van der Waals surface area contributed by atoms with E-state index in [1.54, 1.807) is 17.9 Å². The lowest BCUT2D eigenvalue weighted by Crippen LogP contribution is -2.16. The molecule has 0 saturated heterocycles. The average molecular weight is 196 g/mol. The molecule has 2 aromatic heterocycles. The summed E-state index contributed by atoms with van der Waals surface area (Å²) in [7, 11) is 1.79. The minimum absolute atomic E-state index is 0.293. The van der Waals surface area contributed by atoms with Crippen LogP contribution in [0.3, 0.4) is 0 Å². The molecule has 1 atom stereocenters. The summed E-state index contributed by atoms with van der Waals surface area (Å²) < 4.78 is 5.37. The molecular formula is C6H8N6S. The standard InChI is InChI=1S/C6H8N6S/c1-12-5(2-8-10-12)6(7)4-3-13-11-9-4/h2-3,6H,7H2,1H3. The van der Waals surface area contributed by atoms with Crippen molar-refractivity contribution in [3.05, 3.63) is 23.0 Å². The van der Waals surface area contributed by atoms with Crippen LogP contribution in [0.1, 0.15) is 17.4 Å². The first kappa shape index (κ1) is 8.27. The van der Waals surface area contributed by atoms with Gasteiger partial charge in [-0.2, -0.15) is 0 Å². The predicted molar refractivity (Wildman–Crippen MR) is 46.9 cm³/mol. The van der Waals surface area contributed by atoms with Crippen molar-refractivity contribution in [2.75, 3.05) is 0 Å². The number of aryl methyl sites for hydroxylation is 1. The van der Waals surface area contributed by atoms with Gasteiger partial charge in [-0.1, -0.05) is 9.70 Å². The van der Waals surface area contributed by atoms with E-state index in [-0.39, 0.29) is 6.04 Å². The molecule has 2 N–H and O–H groups in total. The highest BCUT2D eigenvalue weighted by molar-refractivity contribution is 7.03. The quantitative estimate of drug-likeness (QED) is 0.714. The van der Waals surface area contributed by atoms with Crippen molar-refractivity contribution in [2.45, 2.75) is 6.04 Å². The maximum atomic E-state index is 5.91. The molecular weight excluding hydrogens is 188 g/mol. The summed E-state index contributed by atoms with van der Waals surface area (Å²) in [5, 5.41) is 13.2. The van der Waals surface area contributed by atoms with Gasteiger partial charge in [-0.3, -0.25) is 4.68 Å². The Hall–Kier alpha value is -1.34. The van der Waals surface area contributed by atoms with E-state index in [4.69, 9.17) is 5.73 Å².